The lowest BCUT2D eigenvalue weighted by molar-refractivity contribution is 0.291. The molecular weight excluding hydrogens is 253 g/mol. The van der Waals surface area contributed by atoms with Gasteiger partial charge in [-0.25, -0.2) is 0 Å². The monoisotopic (exact) mass is 297 g/mol. The fraction of sp³-hybridized carbons (Fsp3) is 1.00. The zero-order chi connectivity index (χ0) is 15.1. The van der Waals surface area contributed by atoms with Gasteiger partial charge in [0.1, 0.15) is 0 Å². The van der Waals surface area contributed by atoms with E-state index in [1.807, 2.05) is 0 Å². The van der Waals surface area contributed by atoms with E-state index in [2.05, 4.69) is 32.8 Å². The van der Waals surface area contributed by atoms with E-state index in [0.29, 0.717) is 0 Å². The Morgan fingerprint density at radius 3 is 1.29 bits per heavy atom. The Hall–Kier alpha value is 0.0249. The molecule has 0 rings (SSSR count). The summed E-state index contributed by atoms with van der Waals surface area (Å²) in [5.41, 5.74) is 0. The zero-order valence-corrected chi connectivity index (χ0v) is 14.9. The van der Waals surface area contributed by atoms with Gasteiger partial charge in [-0.15, -0.1) is 0 Å². The van der Waals surface area contributed by atoms with Crippen molar-refractivity contribution in [3.8, 4) is 0 Å². The lowest BCUT2D eigenvalue weighted by Crippen LogP contribution is -2.24. The summed E-state index contributed by atoms with van der Waals surface area (Å²) in [6.07, 6.45) is 20.2. The third-order valence-electron chi connectivity index (χ3n) is 4.61. The number of rotatable bonds is 15. The van der Waals surface area contributed by atoms with Gasteiger partial charge in [-0.05, 0) is 27.4 Å². The molecule has 1 nitrogen and oxygen atoms in total. The Bertz CT molecular complexity index is 182. The molecule has 21 heavy (non-hydrogen) atoms. The fourth-order valence-electron chi connectivity index (χ4n) is 2.72. The van der Waals surface area contributed by atoms with E-state index in [1.165, 1.54) is 89.9 Å². The number of nitrogens with zero attached hydrogens (tertiary/aromatic N) is 1. The topological polar surface area (TPSA) is 3.24 Å². The molecule has 0 aliphatic rings. The summed E-state index contributed by atoms with van der Waals surface area (Å²) >= 11 is 0. The highest BCUT2D eigenvalue weighted by Gasteiger charge is 2.02. The zero-order valence-electron chi connectivity index (χ0n) is 14.9. The summed E-state index contributed by atoms with van der Waals surface area (Å²) in [6.45, 7) is 4.63. The van der Waals surface area contributed by atoms with Crippen LogP contribution in [-0.4, -0.2) is 33.5 Å². The van der Waals surface area contributed by atoms with E-state index in [0.717, 1.165) is 6.04 Å². The number of hydrogen-bond donors (Lipinski definition) is 0. The highest BCUT2D eigenvalue weighted by Crippen LogP contribution is 2.13. The quantitative estimate of drug-likeness (QED) is 0.295. The van der Waals surface area contributed by atoms with Gasteiger partial charge in [0.2, 0.25) is 0 Å². The molecule has 1 unspecified atom stereocenters. The van der Waals surface area contributed by atoms with Crippen molar-refractivity contribution in [3.63, 3.8) is 0 Å². The second-order valence-corrected chi connectivity index (χ2v) is 6.84. The third-order valence-corrected chi connectivity index (χ3v) is 4.61. The van der Waals surface area contributed by atoms with E-state index in [9.17, 15) is 0 Å². The van der Waals surface area contributed by atoms with E-state index in [4.69, 9.17) is 0 Å². The molecule has 1 atom stereocenters. The van der Waals surface area contributed by atoms with Gasteiger partial charge in [0.25, 0.3) is 0 Å². The van der Waals surface area contributed by atoms with Crippen molar-refractivity contribution in [1.82, 2.24) is 4.90 Å². The summed E-state index contributed by atoms with van der Waals surface area (Å²) in [7, 11) is 4.37. The van der Waals surface area contributed by atoms with Crippen LogP contribution in [0.2, 0.25) is 0 Å². The van der Waals surface area contributed by atoms with Crippen LogP contribution in [0.15, 0.2) is 0 Å². The molecule has 0 radical (unpaired) electrons. The maximum Gasteiger partial charge on any atom is 0.0814 e. The first kappa shape index (κ1) is 23.3. The number of hydrogen-bond acceptors (Lipinski definition) is 1. The molecule has 0 aromatic heterocycles. The summed E-state index contributed by atoms with van der Waals surface area (Å²) in [5, 5.41) is 0. The van der Waals surface area contributed by atoms with Crippen LogP contribution in [0.1, 0.15) is 104 Å². The maximum atomic E-state index is 2.33. The fourth-order valence-corrected chi connectivity index (χ4v) is 2.72. The van der Waals surface area contributed by atoms with Crippen molar-refractivity contribution >= 4 is 8.41 Å². The minimum Gasteiger partial charge on any atom is -0.307 e. The smallest absolute Gasteiger partial charge is 0.0814 e. The predicted octanol–water partition coefficient (Wildman–Crippen LogP) is 5.23. The van der Waals surface area contributed by atoms with Gasteiger partial charge in [-0.2, -0.15) is 0 Å². The van der Waals surface area contributed by atoms with Crippen LogP contribution < -0.4 is 0 Å². The largest absolute Gasteiger partial charge is 0.307 e. The van der Waals surface area contributed by atoms with Crippen LogP contribution in [0, 0.1) is 0 Å². The molecule has 0 aromatic carbocycles. The first-order chi connectivity index (χ1) is 9.68. The molecule has 0 fully saturated rings. The lowest BCUT2D eigenvalue weighted by atomic mass is 10.0. The Labute approximate surface area is 137 Å². The molecule has 0 saturated heterocycles. The summed E-state index contributed by atoms with van der Waals surface area (Å²) in [5.74, 6) is 0. The van der Waals surface area contributed by atoms with Gasteiger partial charge in [-0.1, -0.05) is 90.4 Å². The second-order valence-electron chi connectivity index (χ2n) is 6.84. The molecule has 2 heteroatoms. The van der Waals surface area contributed by atoms with E-state index in [-0.39, 0.29) is 8.41 Å². The van der Waals surface area contributed by atoms with Gasteiger partial charge in [-0.3, -0.25) is 0 Å². The molecule has 0 heterocycles. The van der Waals surface area contributed by atoms with E-state index in [1.54, 1.807) is 0 Å². The lowest BCUT2D eigenvalue weighted by Gasteiger charge is -2.19. The molecule has 0 saturated carbocycles. The van der Waals surface area contributed by atoms with Gasteiger partial charge in [0.15, 0.2) is 0 Å². The highest BCUT2D eigenvalue weighted by molar-refractivity contribution is 5.75. The van der Waals surface area contributed by atoms with Crippen molar-refractivity contribution in [3.05, 3.63) is 0 Å². The van der Waals surface area contributed by atoms with Crippen molar-refractivity contribution in [2.75, 3.05) is 14.1 Å². The Morgan fingerprint density at radius 1 is 0.619 bits per heavy atom. The van der Waals surface area contributed by atoms with Crippen molar-refractivity contribution < 1.29 is 0 Å². The average molecular weight is 297 g/mol. The maximum absolute atomic E-state index is 2.33. The molecule has 0 amide bonds. The average Bonchev–Trinajstić information content (AvgIpc) is 2.43. The SMILES string of the molecule is B.CCCCCCCCCCCCCCCC(C)N(C)C. The molecule has 0 aliphatic heterocycles. The van der Waals surface area contributed by atoms with Crippen LogP contribution in [0.25, 0.3) is 0 Å². The molecule has 0 aliphatic carbocycles. The van der Waals surface area contributed by atoms with Crippen molar-refractivity contribution in [2.45, 2.75) is 110 Å². The Morgan fingerprint density at radius 2 is 0.952 bits per heavy atom. The predicted molar refractivity (Wildman–Crippen MR) is 103 cm³/mol. The first-order valence-electron chi connectivity index (χ1n) is 9.35. The summed E-state index contributed by atoms with van der Waals surface area (Å²) in [6, 6.07) is 0.753. The van der Waals surface area contributed by atoms with Gasteiger partial charge in [0.05, 0.1) is 8.41 Å². The summed E-state index contributed by atoms with van der Waals surface area (Å²) in [4.78, 5) is 2.33. The van der Waals surface area contributed by atoms with Gasteiger partial charge < -0.3 is 4.90 Å². The molecule has 0 spiro atoms. The van der Waals surface area contributed by atoms with Crippen molar-refractivity contribution in [1.29, 1.82) is 0 Å². The molecule has 0 bridgehead atoms. The van der Waals surface area contributed by atoms with Gasteiger partial charge in [0, 0.05) is 6.04 Å². The molecule has 128 valence electrons. The Balaban J connectivity index is 0. The first-order valence-corrected chi connectivity index (χ1v) is 9.35. The van der Waals surface area contributed by atoms with Crippen molar-refractivity contribution in [2.24, 2.45) is 0 Å². The minimum absolute atomic E-state index is 0. The van der Waals surface area contributed by atoms with Crippen LogP contribution >= 0.6 is 0 Å². The molecule has 0 N–H and O–H groups in total. The Kier molecular flexibility index (Phi) is 20.0. The van der Waals surface area contributed by atoms with E-state index < -0.39 is 0 Å². The van der Waals surface area contributed by atoms with Crippen LogP contribution in [-0.2, 0) is 0 Å². The van der Waals surface area contributed by atoms with Crippen LogP contribution in [0.3, 0.4) is 0 Å². The van der Waals surface area contributed by atoms with Gasteiger partial charge >= 0.3 is 0 Å². The molecule has 0 aromatic rings. The standard InChI is InChI=1S/C19H41N.BH3/c1-5-6-7-8-9-10-11-12-13-14-15-16-17-18-19(2)20(3)4;/h19H,5-18H2,1-4H3;1H3. The normalized spacial score (nSPS) is 12.4. The highest BCUT2D eigenvalue weighted by atomic mass is 15.1. The molecular formula is C19H44BN. The minimum atomic E-state index is 0. The summed E-state index contributed by atoms with van der Waals surface area (Å²) < 4.78 is 0. The van der Waals surface area contributed by atoms with Crippen LogP contribution in [0.4, 0.5) is 0 Å². The number of unbranched alkanes of at least 4 members (excludes halogenated alkanes) is 12. The van der Waals surface area contributed by atoms with Crippen LogP contribution in [0.5, 0.6) is 0 Å². The third kappa shape index (κ3) is 18.0. The second kappa shape index (κ2) is 18.1. The van der Waals surface area contributed by atoms with E-state index >= 15 is 0 Å².